The zero-order chi connectivity index (χ0) is 22.5. The Hall–Kier alpha value is -2.74. The Kier molecular flexibility index (Phi) is 7.19. The fraction of sp³-hybridized carbons (Fsp3) is 0.0833. The van der Waals surface area contributed by atoms with Crippen LogP contribution < -0.4 is 14.8 Å². The third-order valence-corrected chi connectivity index (χ3v) is 6.35. The van der Waals surface area contributed by atoms with Crippen molar-refractivity contribution in [1.29, 1.82) is 0 Å². The smallest absolute Gasteiger partial charge is 0.264 e. The lowest BCUT2D eigenvalue weighted by atomic mass is 10.2. The standard InChI is InChI=1S/C24H18BrClN2O3S/c1-30-21-12-16(8-11-20(21)31-14-15-6-9-17(26)10-7-15)13-22-23(29)28-24(32-22)27-19-5-3-2-4-18(19)25/h2-13H,14H2,1H3,(H,27,28,29)/b22-13-. The third kappa shape index (κ3) is 5.54. The molecule has 32 heavy (non-hydrogen) atoms. The summed E-state index contributed by atoms with van der Waals surface area (Å²) in [5.41, 5.74) is 2.57. The average Bonchev–Trinajstić information content (AvgIpc) is 3.14. The fourth-order valence-corrected chi connectivity index (χ4v) is 4.25. The van der Waals surface area contributed by atoms with Crippen LogP contribution in [0.4, 0.5) is 5.69 Å². The molecule has 0 aliphatic carbocycles. The molecule has 3 aromatic carbocycles. The number of rotatable bonds is 6. The van der Waals surface area contributed by atoms with Gasteiger partial charge < -0.3 is 14.8 Å². The van der Waals surface area contributed by atoms with E-state index in [9.17, 15) is 4.79 Å². The molecule has 0 radical (unpaired) electrons. The van der Waals surface area contributed by atoms with Crippen LogP contribution in [0.25, 0.3) is 6.08 Å². The monoisotopic (exact) mass is 528 g/mol. The number of hydrogen-bond donors (Lipinski definition) is 1. The highest BCUT2D eigenvalue weighted by molar-refractivity contribution is 9.10. The summed E-state index contributed by atoms with van der Waals surface area (Å²) in [6.45, 7) is 0.390. The predicted molar refractivity (Wildman–Crippen MR) is 134 cm³/mol. The molecule has 1 fully saturated rings. The van der Waals surface area contributed by atoms with E-state index < -0.39 is 0 Å². The van der Waals surface area contributed by atoms with Crippen LogP contribution in [-0.2, 0) is 11.4 Å². The Morgan fingerprint density at radius 3 is 2.62 bits per heavy atom. The molecule has 0 unspecified atom stereocenters. The lowest BCUT2D eigenvalue weighted by Gasteiger charge is -2.11. The number of nitrogens with zero attached hydrogens (tertiary/aromatic N) is 1. The molecular weight excluding hydrogens is 512 g/mol. The number of carbonyl (C=O) groups excluding carboxylic acids is 1. The summed E-state index contributed by atoms with van der Waals surface area (Å²) in [6, 6.07) is 20.6. The molecule has 1 heterocycles. The zero-order valence-electron chi connectivity index (χ0n) is 17.0. The number of aliphatic imine (C=N–C) groups is 1. The van der Waals surface area contributed by atoms with E-state index >= 15 is 0 Å². The molecule has 162 valence electrons. The number of benzene rings is 3. The highest BCUT2D eigenvalue weighted by Gasteiger charge is 2.24. The fourth-order valence-electron chi connectivity index (χ4n) is 2.92. The van der Waals surface area contributed by atoms with E-state index in [4.69, 9.17) is 21.1 Å². The Morgan fingerprint density at radius 1 is 1.09 bits per heavy atom. The lowest BCUT2D eigenvalue weighted by molar-refractivity contribution is -0.115. The van der Waals surface area contributed by atoms with Crippen LogP contribution in [0.2, 0.25) is 5.02 Å². The van der Waals surface area contributed by atoms with Crippen molar-refractivity contribution in [3.8, 4) is 11.5 Å². The van der Waals surface area contributed by atoms with Crippen LogP contribution in [0.5, 0.6) is 11.5 Å². The van der Waals surface area contributed by atoms with Gasteiger partial charge in [0, 0.05) is 9.50 Å². The van der Waals surface area contributed by atoms with Gasteiger partial charge in [0.05, 0.1) is 17.7 Å². The van der Waals surface area contributed by atoms with Gasteiger partial charge in [-0.3, -0.25) is 4.79 Å². The predicted octanol–water partition coefficient (Wildman–Crippen LogP) is 6.58. The molecule has 1 N–H and O–H groups in total. The Balaban J connectivity index is 1.49. The summed E-state index contributed by atoms with van der Waals surface area (Å²) in [6.07, 6.45) is 1.80. The van der Waals surface area contributed by atoms with Crippen LogP contribution in [0, 0.1) is 0 Å². The van der Waals surface area contributed by atoms with Gasteiger partial charge in [0.15, 0.2) is 16.7 Å². The molecule has 0 aromatic heterocycles. The van der Waals surface area contributed by atoms with E-state index in [0.29, 0.717) is 33.2 Å². The van der Waals surface area contributed by atoms with Gasteiger partial charge in [-0.1, -0.05) is 41.9 Å². The van der Waals surface area contributed by atoms with Crippen molar-refractivity contribution in [2.45, 2.75) is 6.61 Å². The van der Waals surface area contributed by atoms with Crippen LogP contribution in [-0.4, -0.2) is 18.2 Å². The number of thioether (sulfide) groups is 1. The second-order valence-electron chi connectivity index (χ2n) is 6.76. The molecular formula is C24H18BrClN2O3S. The first kappa shape index (κ1) is 22.5. The van der Waals surface area contributed by atoms with E-state index in [-0.39, 0.29) is 5.91 Å². The molecule has 0 saturated carbocycles. The van der Waals surface area contributed by atoms with Crippen molar-refractivity contribution in [3.05, 3.63) is 92.3 Å². The van der Waals surface area contributed by atoms with Crippen LogP contribution >= 0.6 is 39.3 Å². The molecule has 1 aliphatic rings. The van der Waals surface area contributed by atoms with Crippen molar-refractivity contribution in [2.75, 3.05) is 7.11 Å². The highest BCUT2D eigenvalue weighted by Crippen LogP contribution is 2.33. The van der Waals surface area contributed by atoms with Crippen molar-refractivity contribution in [3.63, 3.8) is 0 Å². The zero-order valence-corrected chi connectivity index (χ0v) is 20.1. The normalized spacial score (nSPS) is 15.8. The van der Waals surface area contributed by atoms with Gasteiger partial charge in [-0.15, -0.1) is 0 Å². The number of carbonyl (C=O) groups is 1. The van der Waals surface area contributed by atoms with Gasteiger partial charge in [-0.2, -0.15) is 0 Å². The highest BCUT2D eigenvalue weighted by atomic mass is 79.9. The third-order valence-electron chi connectivity index (χ3n) is 4.52. The summed E-state index contributed by atoms with van der Waals surface area (Å²) in [5.74, 6) is 1.01. The first-order valence-electron chi connectivity index (χ1n) is 9.61. The van der Waals surface area contributed by atoms with Crippen LogP contribution in [0.1, 0.15) is 11.1 Å². The first-order valence-corrected chi connectivity index (χ1v) is 11.6. The average molecular weight is 530 g/mol. The number of nitrogens with one attached hydrogen (secondary N) is 1. The molecule has 1 amide bonds. The van der Waals surface area contributed by atoms with Crippen molar-refractivity contribution in [2.24, 2.45) is 4.99 Å². The minimum atomic E-state index is -0.192. The number of para-hydroxylation sites is 1. The van der Waals surface area contributed by atoms with Gasteiger partial charge in [0.25, 0.3) is 5.91 Å². The molecule has 5 nitrogen and oxygen atoms in total. The number of hydrogen-bond acceptors (Lipinski definition) is 5. The maximum absolute atomic E-state index is 12.4. The van der Waals surface area contributed by atoms with E-state index in [1.807, 2.05) is 66.7 Å². The van der Waals surface area contributed by atoms with E-state index in [1.54, 1.807) is 13.2 Å². The van der Waals surface area contributed by atoms with E-state index in [0.717, 1.165) is 21.3 Å². The largest absolute Gasteiger partial charge is 0.493 e. The summed E-state index contributed by atoms with van der Waals surface area (Å²) >= 11 is 10.7. The number of halogens is 2. The number of amides is 1. The Bertz CT molecular complexity index is 1210. The summed E-state index contributed by atoms with van der Waals surface area (Å²) in [7, 11) is 1.58. The van der Waals surface area contributed by atoms with Crippen LogP contribution in [0.15, 0.2) is 81.1 Å². The minimum Gasteiger partial charge on any atom is -0.493 e. The Labute approximate surface area is 203 Å². The van der Waals surface area contributed by atoms with Gasteiger partial charge in [-0.05, 0) is 81.3 Å². The molecule has 3 aromatic rings. The van der Waals surface area contributed by atoms with Crippen LogP contribution in [0.3, 0.4) is 0 Å². The number of amidine groups is 1. The number of ether oxygens (including phenoxy) is 2. The van der Waals surface area contributed by atoms with Crippen molar-refractivity contribution >= 4 is 62.1 Å². The second-order valence-corrected chi connectivity index (χ2v) is 9.08. The van der Waals surface area contributed by atoms with Gasteiger partial charge >= 0.3 is 0 Å². The van der Waals surface area contributed by atoms with Gasteiger partial charge in [0.2, 0.25) is 0 Å². The maximum Gasteiger partial charge on any atom is 0.264 e. The summed E-state index contributed by atoms with van der Waals surface area (Å²) in [4.78, 5) is 17.5. The lowest BCUT2D eigenvalue weighted by Crippen LogP contribution is -2.19. The van der Waals surface area contributed by atoms with Crippen molar-refractivity contribution < 1.29 is 14.3 Å². The molecule has 1 saturated heterocycles. The molecule has 0 bridgehead atoms. The minimum absolute atomic E-state index is 0.192. The van der Waals surface area contributed by atoms with Crippen molar-refractivity contribution in [1.82, 2.24) is 5.32 Å². The molecule has 4 rings (SSSR count). The molecule has 8 heteroatoms. The molecule has 0 spiro atoms. The Morgan fingerprint density at radius 2 is 1.88 bits per heavy atom. The first-order chi connectivity index (χ1) is 15.5. The summed E-state index contributed by atoms with van der Waals surface area (Å²) in [5, 5.41) is 4.01. The van der Waals surface area contributed by atoms with E-state index in [1.165, 1.54) is 11.8 Å². The maximum atomic E-state index is 12.4. The summed E-state index contributed by atoms with van der Waals surface area (Å²) < 4.78 is 12.2. The number of methoxy groups -OCH3 is 1. The topological polar surface area (TPSA) is 59.9 Å². The second kappa shape index (κ2) is 10.3. The molecule has 0 atom stereocenters. The van der Waals surface area contributed by atoms with Gasteiger partial charge in [0.1, 0.15) is 6.61 Å². The molecule has 1 aliphatic heterocycles. The quantitative estimate of drug-likeness (QED) is 0.366. The van der Waals surface area contributed by atoms with E-state index in [2.05, 4.69) is 26.2 Å². The SMILES string of the molecule is COc1cc(/C=C2\SC(=Nc3ccccc3Br)NC2=O)ccc1OCc1ccc(Cl)cc1. The van der Waals surface area contributed by atoms with Gasteiger partial charge in [-0.25, -0.2) is 4.99 Å².